The second-order valence-corrected chi connectivity index (χ2v) is 8.30. The Hall–Kier alpha value is -3.99. The summed E-state index contributed by atoms with van der Waals surface area (Å²) in [5.74, 6) is -1.38. The fourth-order valence-corrected chi connectivity index (χ4v) is 4.37. The molecule has 33 heavy (non-hydrogen) atoms. The average Bonchev–Trinajstić information content (AvgIpc) is 3.08. The largest absolute Gasteiger partial charge is 0.351 e. The molecule has 4 rings (SSSR count). The summed E-state index contributed by atoms with van der Waals surface area (Å²) in [7, 11) is 0. The Labute approximate surface area is 191 Å². The quantitative estimate of drug-likeness (QED) is 0.662. The van der Waals surface area contributed by atoms with Crippen LogP contribution in [0, 0.1) is 11.3 Å². The van der Waals surface area contributed by atoms with Crippen LogP contribution in [0.1, 0.15) is 75.2 Å². The maximum absolute atomic E-state index is 13.0. The van der Waals surface area contributed by atoms with Gasteiger partial charge in [-0.15, -0.1) is 0 Å². The first-order chi connectivity index (χ1) is 16.0. The highest BCUT2D eigenvalue weighted by atomic mass is 16.2. The SMILES string of the molecule is N#CCC(=O)NCc1cccc(NC(=O)c2ccc3c(c2)C(=O)N(C2CCCCC2)C3=O)c1. The average molecular weight is 444 g/mol. The molecular weight excluding hydrogens is 420 g/mol. The van der Waals surface area contributed by atoms with Gasteiger partial charge >= 0.3 is 0 Å². The Morgan fingerprint density at radius 3 is 2.52 bits per heavy atom. The van der Waals surface area contributed by atoms with Gasteiger partial charge in [-0.1, -0.05) is 31.4 Å². The zero-order valence-corrected chi connectivity index (χ0v) is 18.1. The predicted octanol–water partition coefficient (Wildman–Crippen LogP) is 3.40. The first-order valence-electron chi connectivity index (χ1n) is 11.0. The molecule has 2 N–H and O–H groups in total. The third kappa shape index (κ3) is 4.77. The lowest BCUT2D eigenvalue weighted by Gasteiger charge is -2.29. The molecular formula is C25H24N4O4. The fraction of sp³-hybridized carbons (Fsp3) is 0.320. The van der Waals surface area contributed by atoms with Crippen LogP contribution in [0.25, 0.3) is 0 Å². The molecule has 0 aromatic heterocycles. The van der Waals surface area contributed by atoms with Gasteiger partial charge in [0.1, 0.15) is 6.42 Å². The molecule has 2 aliphatic rings. The molecule has 0 radical (unpaired) electrons. The van der Waals surface area contributed by atoms with Crippen LogP contribution < -0.4 is 10.6 Å². The number of hydrogen-bond acceptors (Lipinski definition) is 5. The summed E-state index contributed by atoms with van der Waals surface area (Å²) >= 11 is 0. The summed E-state index contributed by atoms with van der Waals surface area (Å²) < 4.78 is 0. The normalized spacial score (nSPS) is 15.7. The Kier molecular flexibility index (Phi) is 6.50. The molecule has 1 saturated carbocycles. The lowest BCUT2D eigenvalue weighted by Crippen LogP contribution is -2.40. The van der Waals surface area contributed by atoms with Crippen LogP contribution in [0.5, 0.6) is 0 Å². The van der Waals surface area contributed by atoms with E-state index in [1.54, 1.807) is 42.5 Å². The standard InChI is InChI=1S/C25H24N4O4/c26-12-11-22(30)27-15-16-5-4-6-18(13-16)28-23(31)17-9-10-20-21(14-17)25(33)29(24(20)32)19-7-2-1-3-8-19/h4-6,9-10,13-14,19H,1-3,7-8,11,15H2,(H,27,30)(H,28,31). The minimum atomic E-state index is -0.403. The van der Waals surface area contributed by atoms with Crippen molar-refractivity contribution in [2.75, 3.05) is 5.32 Å². The molecule has 1 heterocycles. The topological polar surface area (TPSA) is 119 Å². The van der Waals surface area contributed by atoms with E-state index in [4.69, 9.17) is 5.26 Å². The highest BCUT2D eigenvalue weighted by Gasteiger charge is 2.40. The van der Waals surface area contributed by atoms with Crippen LogP contribution in [0.2, 0.25) is 0 Å². The van der Waals surface area contributed by atoms with Gasteiger partial charge in [0, 0.05) is 23.8 Å². The number of imide groups is 1. The summed E-state index contributed by atoms with van der Waals surface area (Å²) in [6, 6.07) is 13.3. The molecule has 0 spiro atoms. The molecule has 168 valence electrons. The summed E-state index contributed by atoms with van der Waals surface area (Å²) in [6.45, 7) is 0.233. The number of rotatable bonds is 6. The van der Waals surface area contributed by atoms with Crippen LogP contribution in [-0.2, 0) is 11.3 Å². The number of anilines is 1. The predicted molar refractivity (Wildman–Crippen MR) is 120 cm³/mol. The maximum atomic E-state index is 13.0. The van der Waals surface area contributed by atoms with Crippen molar-refractivity contribution >= 4 is 29.3 Å². The molecule has 4 amide bonds. The number of nitriles is 1. The number of hydrogen-bond donors (Lipinski definition) is 2. The molecule has 1 aliphatic carbocycles. The van der Waals surface area contributed by atoms with Crippen LogP contribution in [-0.4, -0.2) is 34.6 Å². The molecule has 0 saturated heterocycles. The molecule has 0 unspecified atom stereocenters. The fourth-order valence-electron chi connectivity index (χ4n) is 4.37. The zero-order chi connectivity index (χ0) is 23.4. The molecule has 2 aromatic rings. The number of nitrogens with one attached hydrogen (secondary N) is 2. The zero-order valence-electron chi connectivity index (χ0n) is 18.1. The Balaban J connectivity index is 1.46. The molecule has 0 atom stereocenters. The molecule has 1 aliphatic heterocycles. The summed E-state index contributed by atoms with van der Waals surface area (Å²) in [6.07, 6.45) is 4.57. The van der Waals surface area contributed by atoms with Gasteiger partial charge in [-0.2, -0.15) is 5.26 Å². The van der Waals surface area contributed by atoms with Crippen LogP contribution in [0.3, 0.4) is 0 Å². The van der Waals surface area contributed by atoms with Crippen LogP contribution >= 0.6 is 0 Å². The minimum Gasteiger partial charge on any atom is -0.351 e. The van der Waals surface area contributed by atoms with E-state index in [-0.39, 0.29) is 47.9 Å². The van der Waals surface area contributed by atoms with Crippen molar-refractivity contribution in [3.05, 3.63) is 64.7 Å². The van der Waals surface area contributed by atoms with Crippen molar-refractivity contribution in [1.29, 1.82) is 5.26 Å². The highest BCUT2D eigenvalue weighted by Crippen LogP contribution is 2.31. The third-order valence-corrected chi connectivity index (χ3v) is 6.03. The van der Waals surface area contributed by atoms with Gasteiger partial charge in [-0.05, 0) is 48.7 Å². The number of nitrogens with zero attached hydrogens (tertiary/aromatic N) is 2. The molecule has 8 nitrogen and oxygen atoms in total. The Morgan fingerprint density at radius 2 is 1.76 bits per heavy atom. The van der Waals surface area contributed by atoms with Crippen molar-refractivity contribution in [1.82, 2.24) is 10.2 Å². The summed E-state index contributed by atoms with van der Waals surface area (Å²) in [5.41, 5.74) is 2.19. The number of carbonyl (C=O) groups is 4. The maximum Gasteiger partial charge on any atom is 0.261 e. The molecule has 8 heteroatoms. The van der Waals surface area contributed by atoms with E-state index in [1.165, 1.54) is 11.0 Å². The van der Waals surface area contributed by atoms with Crippen molar-refractivity contribution in [2.24, 2.45) is 0 Å². The van der Waals surface area contributed by atoms with E-state index in [9.17, 15) is 19.2 Å². The van der Waals surface area contributed by atoms with Gasteiger partial charge in [0.05, 0.1) is 17.2 Å². The highest BCUT2D eigenvalue weighted by molar-refractivity contribution is 6.22. The Bertz CT molecular complexity index is 1160. The van der Waals surface area contributed by atoms with Crippen molar-refractivity contribution < 1.29 is 19.2 Å². The van der Waals surface area contributed by atoms with E-state index in [0.717, 1.165) is 37.7 Å². The summed E-state index contributed by atoms with van der Waals surface area (Å²) in [4.78, 5) is 51.5. The number of carbonyl (C=O) groups excluding carboxylic acids is 4. The third-order valence-electron chi connectivity index (χ3n) is 6.03. The van der Waals surface area contributed by atoms with E-state index < -0.39 is 5.91 Å². The molecule has 2 aromatic carbocycles. The minimum absolute atomic E-state index is 0.0696. The number of benzene rings is 2. The number of fused-ring (bicyclic) bond motifs is 1. The van der Waals surface area contributed by atoms with Gasteiger partial charge in [-0.3, -0.25) is 24.1 Å². The van der Waals surface area contributed by atoms with Crippen LogP contribution in [0.15, 0.2) is 42.5 Å². The lowest BCUT2D eigenvalue weighted by atomic mass is 9.94. The first kappa shape index (κ1) is 22.2. The monoisotopic (exact) mass is 444 g/mol. The van der Waals surface area contributed by atoms with Gasteiger partial charge in [-0.25, -0.2) is 0 Å². The Morgan fingerprint density at radius 1 is 1.00 bits per heavy atom. The molecule has 1 fully saturated rings. The smallest absolute Gasteiger partial charge is 0.261 e. The van der Waals surface area contributed by atoms with Gasteiger partial charge < -0.3 is 10.6 Å². The van der Waals surface area contributed by atoms with Gasteiger partial charge in [0.25, 0.3) is 17.7 Å². The van der Waals surface area contributed by atoms with E-state index in [1.807, 2.05) is 0 Å². The van der Waals surface area contributed by atoms with E-state index in [0.29, 0.717) is 11.3 Å². The number of amides is 4. The van der Waals surface area contributed by atoms with Crippen molar-refractivity contribution in [2.45, 2.75) is 51.1 Å². The van der Waals surface area contributed by atoms with E-state index >= 15 is 0 Å². The molecule has 0 bridgehead atoms. The second kappa shape index (κ2) is 9.65. The lowest BCUT2D eigenvalue weighted by molar-refractivity contribution is -0.120. The van der Waals surface area contributed by atoms with E-state index in [2.05, 4.69) is 10.6 Å². The van der Waals surface area contributed by atoms with Gasteiger partial charge in [0.15, 0.2) is 0 Å². The second-order valence-electron chi connectivity index (χ2n) is 8.30. The van der Waals surface area contributed by atoms with Crippen molar-refractivity contribution in [3.63, 3.8) is 0 Å². The summed E-state index contributed by atoms with van der Waals surface area (Å²) in [5, 5.41) is 14.0. The van der Waals surface area contributed by atoms with Crippen molar-refractivity contribution in [3.8, 4) is 6.07 Å². The van der Waals surface area contributed by atoms with Gasteiger partial charge in [0.2, 0.25) is 5.91 Å². The first-order valence-corrected chi connectivity index (χ1v) is 11.0. The van der Waals surface area contributed by atoms with Crippen LogP contribution in [0.4, 0.5) is 5.69 Å².